The van der Waals surface area contributed by atoms with Crippen molar-refractivity contribution in [2.75, 3.05) is 13.7 Å². The molecule has 1 amide bonds. The maximum Gasteiger partial charge on any atom is 0.290 e. The molecular formula is C26H21ClN2O4S. The first-order valence-corrected chi connectivity index (χ1v) is 12.0. The molecule has 0 radical (unpaired) electrons. The molecule has 1 aliphatic rings. The number of carbonyl (C=O) groups is 2. The van der Waals surface area contributed by atoms with Gasteiger partial charge in [0.1, 0.15) is 5.75 Å². The third-order valence-corrected chi connectivity index (χ3v) is 7.30. The van der Waals surface area contributed by atoms with Gasteiger partial charge in [0.15, 0.2) is 5.76 Å². The largest absolute Gasteiger partial charge is 0.503 e. The first-order valence-electron chi connectivity index (χ1n) is 10.7. The molecule has 0 bridgehead atoms. The van der Waals surface area contributed by atoms with Crippen molar-refractivity contribution in [2.24, 2.45) is 0 Å². The highest BCUT2D eigenvalue weighted by atomic mass is 35.5. The van der Waals surface area contributed by atoms with Crippen LogP contribution >= 0.6 is 22.9 Å². The number of nitrogens with one attached hydrogen (secondary N) is 1. The van der Waals surface area contributed by atoms with Crippen LogP contribution in [0.3, 0.4) is 0 Å². The molecule has 2 N–H and O–H groups in total. The number of ether oxygens (including phenoxy) is 1. The summed E-state index contributed by atoms with van der Waals surface area (Å²) in [6.45, 7) is 0.282. The number of amides is 1. The molecule has 34 heavy (non-hydrogen) atoms. The minimum atomic E-state index is -0.782. The second kappa shape index (κ2) is 9.00. The van der Waals surface area contributed by atoms with Crippen LogP contribution in [0.25, 0.3) is 10.9 Å². The fourth-order valence-electron chi connectivity index (χ4n) is 4.41. The first kappa shape index (κ1) is 22.3. The number of carbonyl (C=O) groups excluding carboxylic acids is 2. The number of thiophene rings is 1. The highest BCUT2D eigenvalue weighted by Crippen LogP contribution is 2.42. The first-order chi connectivity index (χ1) is 16.5. The zero-order valence-electron chi connectivity index (χ0n) is 18.2. The van der Waals surface area contributed by atoms with E-state index in [1.54, 1.807) is 48.9 Å². The predicted octanol–water partition coefficient (Wildman–Crippen LogP) is 5.71. The van der Waals surface area contributed by atoms with Crippen molar-refractivity contribution >= 4 is 45.5 Å². The second-order valence-corrected chi connectivity index (χ2v) is 9.32. The summed E-state index contributed by atoms with van der Waals surface area (Å²) in [6.07, 6.45) is 2.41. The van der Waals surface area contributed by atoms with E-state index in [0.29, 0.717) is 21.9 Å². The zero-order chi connectivity index (χ0) is 23.8. The minimum absolute atomic E-state index is 0.0566. The van der Waals surface area contributed by atoms with Crippen LogP contribution < -0.4 is 4.74 Å². The van der Waals surface area contributed by atoms with E-state index in [1.165, 1.54) is 16.2 Å². The van der Waals surface area contributed by atoms with Gasteiger partial charge in [-0.3, -0.25) is 9.59 Å². The number of rotatable bonds is 7. The molecule has 0 aliphatic carbocycles. The van der Waals surface area contributed by atoms with Gasteiger partial charge in [0.2, 0.25) is 5.78 Å². The van der Waals surface area contributed by atoms with E-state index < -0.39 is 17.7 Å². The van der Waals surface area contributed by atoms with E-state index in [9.17, 15) is 14.7 Å². The van der Waals surface area contributed by atoms with Gasteiger partial charge in [-0.15, -0.1) is 11.3 Å². The number of hydrogen-bond acceptors (Lipinski definition) is 5. The van der Waals surface area contributed by atoms with Gasteiger partial charge < -0.3 is 19.7 Å². The number of fused-ring (bicyclic) bond motifs is 1. The number of aromatic amines is 1. The number of methoxy groups -OCH3 is 1. The van der Waals surface area contributed by atoms with Crippen LogP contribution in [0, 0.1) is 0 Å². The van der Waals surface area contributed by atoms with Crippen LogP contribution in [0.5, 0.6) is 5.75 Å². The average Bonchev–Trinajstić information content (AvgIpc) is 3.57. The summed E-state index contributed by atoms with van der Waals surface area (Å²) in [5.74, 6) is -0.737. The van der Waals surface area contributed by atoms with E-state index in [4.69, 9.17) is 16.3 Å². The van der Waals surface area contributed by atoms with Crippen LogP contribution in [0.1, 0.15) is 26.8 Å². The van der Waals surface area contributed by atoms with Crippen LogP contribution in [0.2, 0.25) is 5.02 Å². The number of H-pyrrole nitrogens is 1. The third-order valence-electron chi connectivity index (χ3n) is 6.09. The van der Waals surface area contributed by atoms with E-state index in [-0.39, 0.29) is 17.9 Å². The highest BCUT2D eigenvalue weighted by Gasteiger charge is 2.44. The minimum Gasteiger partial charge on any atom is -0.503 e. The Hall–Kier alpha value is -3.55. The lowest BCUT2D eigenvalue weighted by atomic mass is 9.95. The van der Waals surface area contributed by atoms with E-state index in [0.717, 1.165) is 22.2 Å². The smallest absolute Gasteiger partial charge is 0.290 e. The Balaban J connectivity index is 1.52. The van der Waals surface area contributed by atoms with Crippen LogP contribution in [0.15, 0.2) is 77.5 Å². The molecule has 2 aromatic heterocycles. The van der Waals surface area contributed by atoms with Gasteiger partial charge in [0, 0.05) is 28.7 Å². The summed E-state index contributed by atoms with van der Waals surface area (Å²) >= 11 is 7.77. The number of ketones is 1. The van der Waals surface area contributed by atoms with Crippen molar-refractivity contribution in [3.05, 3.63) is 98.5 Å². The monoisotopic (exact) mass is 492 g/mol. The lowest BCUT2D eigenvalue weighted by molar-refractivity contribution is -0.129. The Labute approximate surface area is 205 Å². The van der Waals surface area contributed by atoms with Crippen molar-refractivity contribution in [3.63, 3.8) is 0 Å². The fraction of sp³-hybridized carbons (Fsp3) is 0.154. The fourth-order valence-corrected chi connectivity index (χ4v) is 5.33. The molecule has 1 aliphatic heterocycles. The topological polar surface area (TPSA) is 82.6 Å². The van der Waals surface area contributed by atoms with Crippen molar-refractivity contribution in [2.45, 2.75) is 12.5 Å². The second-order valence-electron chi connectivity index (χ2n) is 7.97. The molecule has 2 aromatic carbocycles. The maximum atomic E-state index is 13.3. The summed E-state index contributed by atoms with van der Waals surface area (Å²) < 4.78 is 5.35. The van der Waals surface area contributed by atoms with Gasteiger partial charge in [-0.05, 0) is 53.3 Å². The summed E-state index contributed by atoms with van der Waals surface area (Å²) in [7, 11) is 1.62. The number of Topliss-reactive ketones (excluding diaryl/α,β-unsaturated/α-hetero) is 1. The molecule has 4 aromatic rings. The number of nitrogens with zero attached hydrogens (tertiary/aromatic N) is 1. The highest BCUT2D eigenvalue weighted by molar-refractivity contribution is 7.12. The molecule has 0 spiro atoms. The zero-order valence-corrected chi connectivity index (χ0v) is 19.8. The Morgan fingerprint density at radius 2 is 2.03 bits per heavy atom. The van der Waals surface area contributed by atoms with Gasteiger partial charge in [-0.1, -0.05) is 35.9 Å². The third kappa shape index (κ3) is 3.77. The van der Waals surface area contributed by atoms with E-state index in [2.05, 4.69) is 4.98 Å². The lowest BCUT2D eigenvalue weighted by Crippen LogP contribution is -2.33. The molecule has 0 fully saturated rings. The van der Waals surface area contributed by atoms with Crippen molar-refractivity contribution < 1.29 is 19.4 Å². The lowest BCUT2D eigenvalue weighted by Gasteiger charge is -2.27. The molecule has 172 valence electrons. The summed E-state index contributed by atoms with van der Waals surface area (Å²) in [5.41, 5.74) is 2.61. The number of halogens is 1. The van der Waals surface area contributed by atoms with Gasteiger partial charge >= 0.3 is 0 Å². The summed E-state index contributed by atoms with van der Waals surface area (Å²) in [5, 5.41) is 14.0. The van der Waals surface area contributed by atoms with Crippen LogP contribution in [0.4, 0.5) is 0 Å². The number of aliphatic hydroxyl groups is 1. The molecule has 0 saturated carbocycles. The molecule has 1 unspecified atom stereocenters. The van der Waals surface area contributed by atoms with E-state index >= 15 is 0 Å². The predicted molar refractivity (Wildman–Crippen MR) is 133 cm³/mol. The molecule has 8 heteroatoms. The number of benzene rings is 2. The molecule has 3 heterocycles. The Morgan fingerprint density at radius 3 is 2.76 bits per heavy atom. The van der Waals surface area contributed by atoms with Gasteiger partial charge in [0.25, 0.3) is 5.91 Å². The van der Waals surface area contributed by atoms with Crippen LogP contribution in [-0.2, 0) is 11.2 Å². The van der Waals surface area contributed by atoms with Crippen molar-refractivity contribution in [3.8, 4) is 5.75 Å². The number of aromatic nitrogens is 1. The van der Waals surface area contributed by atoms with Crippen molar-refractivity contribution in [1.29, 1.82) is 0 Å². The van der Waals surface area contributed by atoms with Crippen LogP contribution in [-0.4, -0.2) is 40.3 Å². The molecule has 1 atom stereocenters. The maximum absolute atomic E-state index is 13.3. The summed E-state index contributed by atoms with van der Waals surface area (Å²) in [4.78, 5) is 31.8. The number of aliphatic hydroxyl groups excluding tert-OH is 1. The molecule has 6 nitrogen and oxygen atoms in total. The van der Waals surface area contributed by atoms with Crippen molar-refractivity contribution in [1.82, 2.24) is 9.88 Å². The Kier molecular flexibility index (Phi) is 5.89. The normalized spacial score (nSPS) is 16.0. The Bertz CT molecular complexity index is 1420. The quantitative estimate of drug-likeness (QED) is 0.323. The van der Waals surface area contributed by atoms with E-state index in [1.807, 2.05) is 24.4 Å². The molecular weight excluding hydrogens is 472 g/mol. The van der Waals surface area contributed by atoms with Gasteiger partial charge in [-0.25, -0.2) is 0 Å². The summed E-state index contributed by atoms with van der Waals surface area (Å²) in [6, 6.07) is 15.5. The number of hydrogen-bond donors (Lipinski definition) is 2. The standard InChI is InChI=1S/C26H21ClN2O4S/c1-33-16-8-9-20-18(13-16)15(14-28-20)10-11-29-23(17-5-2-3-6-19(17)27)22(25(31)26(29)32)24(30)21-7-4-12-34-21/h2-9,12-14,23,28,31H,10-11H2,1H3. The van der Waals surface area contributed by atoms with Gasteiger partial charge in [0.05, 0.1) is 23.6 Å². The molecule has 0 saturated heterocycles. The molecule has 5 rings (SSSR count). The van der Waals surface area contributed by atoms with Gasteiger partial charge in [-0.2, -0.15) is 0 Å². The average molecular weight is 493 g/mol. The Morgan fingerprint density at radius 1 is 1.21 bits per heavy atom. The SMILES string of the molecule is COc1ccc2[nH]cc(CCN3C(=O)C(O)=C(C(=O)c4cccs4)C3c3ccccc3Cl)c2c1.